The third kappa shape index (κ3) is 2.69. The van der Waals surface area contributed by atoms with Gasteiger partial charge in [0.15, 0.2) is 0 Å². The van der Waals surface area contributed by atoms with Crippen molar-refractivity contribution in [1.29, 1.82) is 0 Å². The monoisotopic (exact) mass is 257 g/mol. The number of hydrogen-bond acceptors (Lipinski definition) is 3. The molecule has 1 atom stereocenters. The first-order valence-electron chi connectivity index (χ1n) is 6.75. The molecule has 2 aromatic rings. The van der Waals surface area contributed by atoms with Gasteiger partial charge >= 0.3 is 0 Å². The van der Waals surface area contributed by atoms with Crippen molar-refractivity contribution < 1.29 is 0 Å². The van der Waals surface area contributed by atoms with Gasteiger partial charge in [-0.3, -0.25) is 4.79 Å². The van der Waals surface area contributed by atoms with Gasteiger partial charge in [-0.15, -0.1) is 0 Å². The normalized spacial score (nSPS) is 20.2. The predicted molar refractivity (Wildman–Crippen MR) is 77.3 cm³/mol. The molecule has 4 nitrogen and oxygen atoms in total. The average molecular weight is 257 g/mol. The fourth-order valence-corrected chi connectivity index (χ4v) is 2.68. The smallest absolute Gasteiger partial charge is 0.252 e. The molecule has 0 saturated carbocycles. The minimum Gasteiger partial charge on any atom is -0.322 e. The molecule has 0 amide bonds. The zero-order chi connectivity index (χ0) is 13.2. The number of likely N-dealkylation sites (tertiary alicyclic amines) is 1. The lowest BCUT2D eigenvalue weighted by molar-refractivity contribution is 0.397. The second-order valence-corrected chi connectivity index (χ2v) is 5.34. The molecule has 1 aromatic carbocycles. The Morgan fingerprint density at radius 2 is 2.26 bits per heavy atom. The van der Waals surface area contributed by atoms with E-state index in [9.17, 15) is 4.79 Å². The molecule has 0 bridgehead atoms. The number of pyridine rings is 1. The van der Waals surface area contributed by atoms with Gasteiger partial charge in [-0.1, -0.05) is 18.2 Å². The van der Waals surface area contributed by atoms with Crippen LogP contribution in [0.15, 0.2) is 35.1 Å². The van der Waals surface area contributed by atoms with E-state index in [1.165, 1.54) is 0 Å². The maximum Gasteiger partial charge on any atom is 0.252 e. The van der Waals surface area contributed by atoms with Crippen LogP contribution in [0.4, 0.5) is 0 Å². The molecule has 1 aliphatic rings. The highest BCUT2D eigenvalue weighted by atomic mass is 16.1. The van der Waals surface area contributed by atoms with Crippen LogP contribution in [0.2, 0.25) is 0 Å². The maximum atomic E-state index is 12.0. The van der Waals surface area contributed by atoms with E-state index in [0.29, 0.717) is 12.6 Å². The lowest BCUT2D eigenvalue weighted by atomic mass is 10.1. The Morgan fingerprint density at radius 3 is 3.05 bits per heavy atom. The number of aromatic amines is 1. The first-order chi connectivity index (χ1) is 9.22. The van der Waals surface area contributed by atoms with Gasteiger partial charge in [-0.25, -0.2) is 0 Å². The zero-order valence-electron chi connectivity index (χ0n) is 11.1. The fourth-order valence-electron chi connectivity index (χ4n) is 2.68. The summed E-state index contributed by atoms with van der Waals surface area (Å²) in [6.07, 6.45) is 1.15. The average Bonchev–Trinajstić information content (AvgIpc) is 2.82. The van der Waals surface area contributed by atoms with Crippen molar-refractivity contribution >= 4 is 10.9 Å². The number of rotatable bonds is 3. The summed E-state index contributed by atoms with van der Waals surface area (Å²) in [4.78, 5) is 17.2. The Morgan fingerprint density at radius 1 is 1.42 bits per heavy atom. The third-order valence-electron chi connectivity index (χ3n) is 3.80. The molecule has 19 heavy (non-hydrogen) atoms. The molecule has 0 radical (unpaired) electrons. The number of nitrogens with zero attached hydrogens (tertiary/aromatic N) is 1. The van der Waals surface area contributed by atoms with Gasteiger partial charge in [0.05, 0.1) is 0 Å². The highest BCUT2D eigenvalue weighted by Crippen LogP contribution is 2.11. The van der Waals surface area contributed by atoms with E-state index < -0.39 is 0 Å². The molecular weight excluding hydrogens is 238 g/mol. The first kappa shape index (κ1) is 12.4. The van der Waals surface area contributed by atoms with Crippen molar-refractivity contribution in [3.05, 3.63) is 46.2 Å². The Kier molecular flexibility index (Phi) is 3.36. The summed E-state index contributed by atoms with van der Waals surface area (Å²) in [6, 6.07) is 10.4. The molecule has 1 saturated heterocycles. The minimum absolute atomic E-state index is 0.0116. The van der Waals surface area contributed by atoms with Crippen LogP contribution in [-0.4, -0.2) is 36.1 Å². The molecule has 4 heteroatoms. The van der Waals surface area contributed by atoms with Crippen LogP contribution in [0.3, 0.4) is 0 Å². The van der Waals surface area contributed by atoms with E-state index in [1.54, 1.807) is 0 Å². The molecule has 100 valence electrons. The molecule has 1 aliphatic heterocycles. The van der Waals surface area contributed by atoms with Crippen LogP contribution in [-0.2, 0) is 6.54 Å². The molecule has 0 spiro atoms. The van der Waals surface area contributed by atoms with E-state index in [0.717, 1.165) is 36.0 Å². The van der Waals surface area contributed by atoms with E-state index in [1.807, 2.05) is 30.3 Å². The molecule has 1 unspecified atom stereocenters. The van der Waals surface area contributed by atoms with Crippen LogP contribution in [0.25, 0.3) is 10.9 Å². The highest BCUT2D eigenvalue weighted by Gasteiger charge is 2.18. The van der Waals surface area contributed by atoms with Crippen molar-refractivity contribution in [2.45, 2.75) is 19.0 Å². The second-order valence-electron chi connectivity index (χ2n) is 5.34. The molecule has 3 rings (SSSR count). The number of fused-ring (bicyclic) bond motifs is 1. The van der Waals surface area contributed by atoms with E-state index in [2.05, 4.69) is 22.2 Å². The molecule has 1 fully saturated rings. The lowest BCUT2D eigenvalue weighted by Gasteiger charge is -2.12. The molecular formula is C15H19N3O. The minimum atomic E-state index is 0.0116. The van der Waals surface area contributed by atoms with Crippen LogP contribution in [0.1, 0.15) is 12.0 Å². The van der Waals surface area contributed by atoms with E-state index in [-0.39, 0.29) is 5.56 Å². The number of para-hydroxylation sites is 1. The number of hydrogen-bond donors (Lipinski definition) is 2. The van der Waals surface area contributed by atoms with Crippen LogP contribution in [0, 0.1) is 0 Å². The van der Waals surface area contributed by atoms with Gasteiger partial charge in [0.1, 0.15) is 0 Å². The summed E-state index contributed by atoms with van der Waals surface area (Å²) in [5.74, 6) is 0. The summed E-state index contributed by atoms with van der Waals surface area (Å²) in [5.41, 5.74) is 1.72. The topological polar surface area (TPSA) is 48.1 Å². The fraction of sp³-hybridized carbons (Fsp3) is 0.400. The van der Waals surface area contributed by atoms with Crippen molar-refractivity contribution in [3.63, 3.8) is 0 Å². The van der Waals surface area contributed by atoms with Gasteiger partial charge in [-0.05, 0) is 37.5 Å². The number of aromatic nitrogens is 1. The highest BCUT2D eigenvalue weighted by molar-refractivity contribution is 5.78. The summed E-state index contributed by atoms with van der Waals surface area (Å²) in [6.45, 7) is 2.83. The summed E-state index contributed by atoms with van der Waals surface area (Å²) in [5, 5.41) is 4.56. The van der Waals surface area contributed by atoms with Gasteiger partial charge in [0.25, 0.3) is 5.56 Å². The third-order valence-corrected chi connectivity index (χ3v) is 3.80. The van der Waals surface area contributed by atoms with Gasteiger partial charge in [0.2, 0.25) is 0 Å². The SMILES string of the molecule is CN1CCC(NCc2cc3ccccc3[nH]c2=O)C1. The zero-order valence-corrected chi connectivity index (χ0v) is 11.1. The Labute approximate surface area is 112 Å². The largest absolute Gasteiger partial charge is 0.322 e. The molecule has 2 heterocycles. The Balaban J connectivity index is 1.77. The van der Waals surface area contributed by atoms with Crippen LogP contribution < -0.4 is 10.9 Å². The van der Waals surface area contributed by atoms with Crippen molar-refractivity contribution in [2.75, 3.05) is 20.1 Å². The standard InChI is InChI=1S/C15H19N3O/c1-18-7-6-13(10-18)16-9-12-8-11-4-2-3-5-14(11)17-15(12)19/h2-5,8,13,16H,6-7,9-10H2,1H3,(H,17,19). The van der Waals surface area contributed by atoms with Crippen LogP contribution in [0.5, 0.6) is 0 Å². The van der Waals surface area contributed by atoms with E-state index >= 15 is 0 Å². The summed E-state index contributed by atoms with van der Waals surface area (Å²) >= 11 is 0. The summed E-state index contributed by atoms with van der Waals surface area (Å²) in [7, 11) is 2.13. The quantitative estimate of drug-likeness (QED) is 0.872. The van der Waals surface area contributed by atoms with Gasteiger partial charge in [0, 0.05) is 30.2 Å². The van der Waals surface area contributed by atoms with Crippen molar-refractivity contribution in [2.24, 2.45) is 0 Å². The van der Waals surface area contributed by atoms with Crippen molar-refractivity contribution in [1.82, 2.24) is 15.2 Å². The molecule has 0 aliphatic carbocycles. The first-order valence-corrected chi connectivity index (χ1v) is 6.75. The predicted octanol–water partition coefficient (Wildman–Crippen LogP) is 1.32. The Bertz CT molecular complexity index is 635. The second kappa shape index (κ2) is 5.15. The summed E-state index contributed by atoms with van der Waals surface area (Å²) < 4.78 is 0. The molecule has 1 aromatic heterocycles. The maximum absolute atomic E-state index is 12.0. The molecule has 2 N–H and O–H groups in total. The number of benzene rings is 1. The number of nitrogens with one attached hydrogen (secondary N) is 2. The van der Waals surface area contributed by atoms with E-state index in [4.69, 9.17) is 0 Å². The lowest BCUT2D eigenvalue weighted by Crippen LogP contribution is -2.32. The number of H-pyrrole nitrogens is 1. The van der Waals surface area contributed by atoms with Crippen LogP contribution >= 0.6 is 0 Å². The number of likely N-dealkylation sites (N-methyl/N-ethyl adjacent to an activating group) is 1. The van der Waals surface area contributed by atoms with Crippen molar-refractivity contribution in [3.8, 4) is 0 Å². The Hall–Kier alpha value is -1.65. The van der Waals surface area contributed by atoms with Gasteiger partial charge < -0.3 is 15.2 Å². The van der Waals surface area contributed by atoms with Gasteiger partial charge in [-0.2, -0.15) is 0 Å².